The first-order chi connectivity index (χ1) is 7.71. The molecule has 0 amide bonds. The van der Waals surface area contributed by atoms with Crippen LogP contribution in [0.25, 0.3) is 0 Å². The van der Waals surface area contributed by atoms with Crippen molar-refractivity contribution in [3.8, 4) is 11.5 Å². The van der Waals surface area contributed by atoms with Crippen molar-refractivity contribution < 1.29 is 15.3 Å². The molecule has 1 atom stereocenters. The Morgan fingerprint density at radius 3 is 2.18 bits per heavy atom. The zero-order chi connectivity index (χ0) is 13.2. The van der Waals surface area contributed by atoms with Crippen molar-refractivity contribution >= 4 is 0 Å². The highest BCUT2D eigenvalue weighted by atomic mass is 16.3. The number of aliphatic hydroxyl groups is 1. The van der Waals surface area contributed by atoms with E-state index >= 15 is 0 Å². The highest BCUT2D eigenvalue weighted by Gasteiger charge is 2.25. The third kappa shape index (κ3) is 3.41. The zero-order valence-corrected chi connectivity index (χ0v) is 10.7. The average molecular weight is 236 g/mol. The summed E-state index contributed by atoms with van der Waals surface area (Å²) in [5, 5.41) is 28.2. The van der Waals surface area contributed by atoms with Crippen LogP contribution >= 0.6 is 0 Å². The molecule has 0 aliphatic rings. The van der Waals surface area contributed by atoms with Gasteiger partial charge in [0.05, 0.1) is 5.76 Å². The van der Waals surface area contributed by atoms with E-state index in [1.165, 1.54) is 12.1 Å². The number of benzene rings is 1. The van der Waals surface area contributed by atoms with Crippen LogP contribution in [0.5, 0.6) is 11.5 Å². The van der Waals surface area contributed by atoms with E-state index in [4.69, 9.17) is 0 Å². The third-order valence-electron chi connectivity index (χ3n) is 2.70. The Balaban J connectivity index is 3.23. The van der Waals surface area contributed by atoms with Crippen LogP contribution in [-0.4, -0.2) is 15.3 Å². The molecular formula is C14H20O3. The van der Waals surface area contributed by atoms with Crippen LogP contribution in [0.1, 0.15) is 39.2 Å². The molecule has 1 rings (SSSR count). The summed E-state index contributed by atoms with van der Waals surface area (Å²) in [5.41, 5.74) is 0.772. The lowest BCUT2D eigenvalue weighted by atomic mass is 9.76. The Labute approximate surface area is 102 Å². The minimum atomic E-state index is -0.138. The van der Waals surface area contributed by atoms with Crippen molar-refractivity contribution in [1.29, 1.82) is 0 Å². The van der Waals surface area contributed by atoms with Gasteiger partial charge in [-0.25, -0.2) is 0 Å². The Hall–Kier alpha value is -1.64. The Kier molecular flexibility index (Phi) is 3.71. The summed E-state index contributed by atoms with van der Waals surface area (Å²) in [6.45, 7) is 7.79. The lowest BCUT2D eigenvalue weighted by Gasteiger charge is -2.29. The van der Waals surface area contributed by atoms with Gasteiger partial charge in [0.15, 0.2) is 11.5 Å². The summed E-state index contributed by atoms with van der Waals surface area (Å²) < 4.78 is 0. The molecule has 94 valence electrons. The number of hydrogen-bond donors (Lipinski definition) is 3. The lowest BCUT2D eigenvalue weighted by molar-refractivity contribution is 0.345. The van der Waals surface area contributed by atoms with Crippen molar-refractivity contribution in [1.82, 2.24) is 0 Å². The molecule has 3 heteroatoms. The molecule has 0 aliphatic heterocycles. The van der Waals surface area contributed by atoms with E-state index in [0.717, 1.165) is 5.56 Å². The standard InChI is InChI=1S/C14H20O3/c1-9(15)7-11(14(2,3)4)10-5-6-12(16)13(17)8-10/h5-8,11,15-17H,1-4H3/b9-7-. The van der Waals surface area contributed by atoms with Crippen LogP contribution in [0.15, 0.2) is 30.0 Å². The Bertz CT molecular complexity index is 424. The van der Waals surface area contributed by atoms with Crippen molar-refractivity contribution in [3.63, 3.8) is 0 Å². The van der Waals surface area contributed by atoms with Crippen molar-refractivity contribution in [2.75, 3.05) is 0 Å². The van der Waals surface area contributed by atoms with E-state index in [2.05, 4.69) is 20.8 Å². The van der Waals surface area contributed by atoms with Gasteiger partial charge < -0.3 is 15.3 Å². The number of phenolic OH excluding ortho intramolecular Hbond substituents is 2. The third-order valence-corrected chi connectivity index (χ3v) is 2.70. The zero-order valence-electron chi connectivity index (χ0n) is 10.7. The average Bonchev–Trinajstić information content (AvgIpc) is 2.17. The molecule has 0 aliphatic carbocycles. The van der Waals surface area contributed by atoms with E-state index in [0.29, 0.717) is 0 Å². The molecule has 0 radical (unpaired) electrons. The Morgan fingerprint density at radius 2 is 1.76 bits per heavy atom. The molecule has 1 unspecified atom stereocenters. The molecule has 1 aromatic carbocycles. The maximum atomic E-state index is 9.52. The van der Waals surface area contributed by atoms with E-state index in [1.807, 2.05) is 0 Å². The van der Waals surface area contributed by atoms with E-state index < -0.39 is 0 Å². The summed E-state index contributed by atoms with van der Waals surface area (Å²) in [7, 11) is 0. The summed E-state index contributed by atoms with van der Waals surface area (Å²) in [5.74, 6) is -0.0525. The largest absolute Gasteiger partial charge is 0.513 e. The molecular weight excluding hydrogens is 216 g/mol. The molecule has 17 heavy (non-hydrogen) atoms. The quantitative estimate of drug-likeness (QED) is 0.542. The Morgan fingerprint density at radius 1 is 1.18 bits per heavy atom. The fraction of sp³-hybridized carbons (Fsp3) is 0.429. The second-order valence-electron chi connectivity index (χ2n) is 5.40. The van der Waals surface area contributed by atoms with Crippen LogP contribution in [-0.2, 0) is 0 Å². The lowest BCUT2D eigenvalue weighted by Crippen LogP contribution is -2.17. The summed E-state index contributed by atoms with van der Waals surface area (Å²) >= 11 is 0. The van der Waals surface area contributed by atoms with Crippen LogP contribution in [0.4, 0.5) is 0 Å². The van der Waals surface area contributed by atoms with Gasteiger partial charge in [-0.2, -0.15) is 0 Å². The topological polar surface area (TPSA) is 60.7 Å². The van der Waals surface area contributed by atoms with Gasteiger partial charge in [0.25, 0.3) is 0 Å². The fourth-order valence-electron chi connectivity index (χ4n) is 1.82. The molecule has 3 nitrogen and oxygen atoms in total. The van der Waals surface area contributed by atoms with Gasteiger partial charge in [-0.15, -0.1) is 0 Å². The molecule has 0 saturated carbocycles. The van der Waals surface area contributed by atoms with E-state index in [9.17, 15) is 15.3 Å². The minimum Gasteiger partial charge on any atom is -0.513 e. The van der Waals surface area contributed by atoms with Gasteiger partial charge in [-0.3, -0.25) is 0 Å². The van der Waals surface area contributed by atoms with Gasteiger partial charge in [0.1, 0.15) is 0 Å². The highest BCUT2D eigenvalue weighted by molar-refractivity contribution is 5.43. The maximum absolute atomic E-state index is 9.52. The van der Waals surface area contributed by atoms with Crippen LogP contribution in [0, 0.1) is 5.41 Å². The number of rotatable bonds is 2. The molecule has 0 heterocycles. The molecule has 0 fully saturated rings. The van der Waals surface area contributed by atoms with Gasteiger partial charge in [-0.05, 0) is 36.1 Å². The molecule has 0 aromatic heterocycles. The van der Waals surface area contributed by atoms with Crippen molar-refractivity contribution in [3.05, 3.63) is 35.6 Å². The second-order valence-corrected chi connectivity index (χ2v) is 5.40. The van der Waals surface area contributed by atoms with Crippen LogP contribution < -0.4 is 0 Å². The second kappa shape index (κ2) is 4.70. The monoisotopic (exact) mass is 236 g/mol. The molecule has 0 saturated heterocycles. The summed E-state index contributed by atoms with van der Waals surface area (Å²) in [4.78, 5) is 0. The molecule has 3 N–H and O–H groups in total. The number of hydrogen-bond acceptors (Lipinski definition) is 3. The smallest absolute Gasteiger partial charge is 0.157 e. The first-order valence-electron chi connectivity index (χ1n) is 5.61. The van der Waals surface area contributed by atoms with Crippen LogP contribution in [0.3, 0.4) is 0 Å². The first-order valence-corrected chi connectivity index (χ1v) is 5.61. The number of phenols is 2. The van der Waals surface area contributed by atoms with Gasteiger partial charge in [-0.1, -0.05) is 26.8 Å². The number of aromatic hydroxyl groups is 2. The SMILES string of the molecule is C/C(O)=C/C(c1ccc(O)c(O)c1)C(C)(C)C. The normalized spacial score (nSPS) is 14.7. The minimum absolute atomic E-state index is 0.0287. The van der Waals surface area contributed by atoms with Gasteiger partial charge >= 0.3 is 0 Å². The number of aliphatic hydroxyl groups excluding tert-OH is 1. The van der Waals surface area contributed by atoms with Gasteiger partial charge in [0, 0.05) is 5.92 Å². The fourth-order valence-corrected chi connectivity index (χ4v) is 1.82. The number of allylic oxidation sites excluding steroid dienone is 2. The summed E-state index contributed by atoms with van der Waals surface area (Å²) in [6.07, 6.45) is 1.76. The maximum Gasteiger partial charge on any atom is 0.157 e. The first kappa shape index (κ1) is 13.4. The van der Waals surface area contributed by atoms with E-state index in [-0.39, 0.29) is 28.6 Å². The van der Waals surface area contributed by atoms with Gasteiger partial charge in [0.2, 0.25) is 0 Å². The van der Waals surface area contributed by atoms with Crippen LogP contribution in [0.2, 0.25) is 0 Å². The predicted molar refractivity (Wildman–Crippen MR) is 68.4 cm³/mol. The van der Waals surface area contributed by atoms with Crippen molar-refractivity contribution in [2.45, 2.75) is 33.6 Å². The molecule has 0 spiro atoms. The van der Waals surface area contributed by atoms with E-state index in [1.54, 1.807) is 19.1 Å². The molecule has 0 bridgehead atoms. The van der Waals surface area contributed by atoms with Crippen molar-refractivity contribution in [2.24, 2.45) is 5.41 Å². The summed E-state index contributed by atoms with van der Waals surface area (Å²) in [6, 6.07) is 4.75. The highest BCUT2D eigenvalue weighted by Crippen LogP contribution is 2.39. The predicted octanol–water partition coefficient (Wildman–Crippen LogP) is 3.69. The molecule has 1 aromatic rings.